The van der Waals surface area contributed by atoms with Crippen LogP contribution in [0.5, 0.6) is 0 Å². The predicted molar refractivity (Wildman–Crippen MR) is 60.2 cm³/mol. The van der Waals surface area contributed by atoms with Crippen molar-refractivity contribution >= 4 is 21.8 Å². The van der Waals surface area contributed by atoms with Crippen LogP contribution in [0, 0.1) is 0 Å². The fourth-order valence-electron chi connectivity index (χ4n) is 1.16. The van der Waals surface area contributed by atoms with E-state index in [9.17, 15) is 34.3 Å². The Hall–Kier alpha value is -0.770. The maximum atomic E-state index is 12.8. The molecule has 0 saturated carbocycles. The van der Waals surface area contributed by atoms with Crippen molar-refractivity contribution in [1.82, 2.24) is 0 Å². The van der Waals surface area contributed by atoms with Gasteiger partial charge in [-0.05, 0) is 0 Å². The van der Waals surface area contributed by atoms with Crippen molar-refractivity contribution in [1.29, 1.82) is 0 Å². The summed E-state index contributed by atoms with van der Waals surface area (Å²) in [7, 11) is -5.44. The third-order valence-electron chi connectivity index (χ3n) is 2.10. The highest BCUT2D eigenvalue weighted by Gasteiger charge is 2.45. The minimum absolute atomic E-state index is 0.750. The molecule has 138 valence electrons. The van der Waals surface area contributed by atoms with E-state index in [0.29, 0.717) is 0 Å². The summed E-state index contributed by atoms with van der Waals surface area (Å²) >= 11 is -0.750. The van der Waals surface area contributed by atoms with E-state index in [1.54, 1.807) is 0 Å². The van der Waals surface area contributed by atoms with Crippen LogP contribution in [0.15, 0.2) is 0 Å². The minimum atomic E-state index is -5.44. The Balaban J connectivity index is 0.00000149. The van der Waals surface area contributed by atoms with E-state index in [4.69, 9.17) is 8.42 Å². The molecule has 1 aliphatic rings. The Morgan fingerprint density at radius 3 is 1.74 bits per heavy atom. The summed E-state index contributed by atoms with van der Waals surface area (Å²) in [5.74, 6) is -2.16. The molecule has 7 nitrogen and oxygen atoms in total. The molecule has 0 N–H and O–H groups in total. The molecule has 0 radical (unpaired) electrons. The van der Waals surface area contributed by atoms with E-state index >= 15 is 0 Å². The van der Waals surface area contributed by atoms with E-state index < -0.39 is 71.9 Å². The average Bonchev–Trinajstić information content (AvgIpc) is 3.11. The summed E-state index contributed by atoms with van der Waals surface area (Å²) in [6, 6.07) is 0. The van der Waals surface area contributed by atoms with Gasteiger partial charge >= 0.3 is 34.0 Å². The number of epoxide rings is 1. The second kappa shape index (κ2) is 8.91. The highest BCUT2D eigenvalue weighted by Crippen LogP contribution is 2.28. The Bertz CT molecular complexity index is 507. The first kappa shape index (κ1) is 22.2. The molecule has 0 spiro atoms. The summed E-state index contributed by atoms with van der Waals surface area (Å²) in [5.41, 5.74) is 0. The summed E-state index contributed by atoms with van der Waals surface area (Å²) in [6.45, 7) is -3.65. The average molecular weight is 396 g/mol. The van der Waals surface area contributed by atoms with Crippen molar-refractivity contribution in [2.24, 2.45) is 0 Å². The molecule has 0 aromatic carbocycles. The number of rotatable bonds is 9. The number of alkyl halides is 5. The molecule has 0 aliphatic carbocycles. The molecule has 23 heavy (non-hydrogen) atoms. The molecule has 2 unspecified atom stereocenters. The smallest absolute Gasteiger partial charge is 0.365 e. The lowest BCUT2D eigenvalue weighted by molar-refractivity contribution is -0.247. The van der Waals surface area contributed by atoms with Gasteiger partial charge in [0, 0.05) is 0 Å². The molecule has 0 aromatic rings. The van der Waals surface area contributed by atoms with E-state index in [0.717, 1.165) is 0 Å². The molecule has 1 rings (SSSR count). The van der Waals surface area contributed by atoms with Crippen LogP contribution in [0.3, 0.4) is 0 Å². The second-order valence-corrected chi connectivity index (χ2v) is 5.50. The molecule has 15 heteroatoms. The van der Waals surface area contributed by atoms with Gasteiger partial charge < -0.3 is 14.2 Å². The van der Waals surface area contributed by atoms with Crippen LogP contribution in [-0.2, 0) is 36.0 Å². The van der Waals surface area contributed by atoms with E-state index in [-0.39, 0.29) is 0 Å². The molecule has 1 aliphatic heterocycles. The third-order valence-corrected chi connectivity index (χ3v) is 2.78. The fourth-order valence-corrected chi connectivity index (χ4v) is 1.65. The van der Waals surface area contributed by atoms with Gasteiger partial charge in [0.1, 0.15) is 12.2 Å². The van der Waals surface area contributed by atoms with Crippen LogP contribution in [0.1, 0.15) is 0 Å². The van der Waals surface area contributed by atoms with Crippen molar-refractivity contribution in [2.75, 3.05) is 25.6 Å². The quantitative estimate of drug-likeness (QED) is 0.319. The lowest BCUT2D eigenvalue weighted by Crippen LogP contribution is -2.31. The molecular formula is C8H10F6O7S2. The van der Waals surface area contributed by atoms with Gasteiger partial charge in [-0.1, -0.05) is 0 Å². The molecular weight excluding hydrogens is 386 g/mol. The minimum Gasteiger partial charge on any atom is -0.365 e. The fraction of sp³-hybridized carbons (Fsp3) is 1.00. The normalized spacial score (nSPS) is 21.3. The van der Waals surface area contributed by atoms with Gasteiger partial charge in [-0.25, -0.2) is 4.39 Å². The van der Waals surface area contributed by atoms with Crippen LogP contribution >= 0.6 is 0 Å². The maximum Gasteiger partial charge on any atom is 0.384 e. The zero-order chi connectivity index (χ0) is 18.3. The largest absolute Gasteiger partial charge is 0.384 e. The number of hydrogen-bond acceptors (Lipinski definition) is 7. The lowest BCUT2D eigenvalue weighted by Gasteiger charge is -2.14. The van der Waals surface area contributed by atoms with Crippen molar-refractivity contribution in [3.8, 4) is 0 Å². The SMILES string of the molecule is O=S(=O)(F)CC(F)(F)OCC1OC1COC(F)(F)CF.O=S=O. The van der Waals surface area contributed by atoms with Crippen LogP contribution in [0.25, 0.3) is 0 Å². The number of hydrogen-bond donors (Lipinski definition) is 0. The topological polar surface area (TPSA) is 99.3 Å². The standard InChI is InChI=1S/C8H10F6O5S.O2S/c9-3-7(10,11)17-1-5-6(19-5)2-18-8(12,13)4-20(14,15)16;1-3-2/h5-6H,1-4H2;. The maximum absolute atomic E-state index is 12.8. The van der Waals surface area contributed by atoms with Crippen LogP contribution in [-0.4, -0.2) is 66.9 Å². The summed E-state index contributed by atoms with van der Waals surface area (Å²) < 4.78 is 123. The Labute approximate surface area is 129 Å². The monoisotopic (exact) mass is 396 g/mol. The molecule has 0 aromatic heterocycles. The van der Waals surface area contributed by atoms with Crippen LogP contribution < -0.4 is 0 Å². The number of ether oxygens (including phenoxy) is 3. The van der Waals surface area contributed by atoms with Crippen molar-refractivity contribution in [2.45, 2.75) is 24.4 Å². The Kier molecular flexibility index (Phi) is 8.61. The molecule has 2 atom stereocenters. The van der Waals surface area contributed by atoms with Crippen LogP contribution in [0.2, 0.25) is 0 Å². The first-order valence-electron chi connectivity index (χ1n) is 5.45. The number of halogens is 6. The second-order valence-electron chi connectivity index (χ2n) is 3.99. The third kappa shape index (κ3) is 11.4. The highest BCUT2D eigenvalue weighted by molar-refractivity contribution is 7.86. The first-order chi connectivity index (χ1) is 10.4. The molecule has 0 bridgehead atoms. The molecule has 0 amide bonds. The zero-order valence-electron chi connectivity index (χ0n) is 10.9. The summed E-state index contributed by atoms with van der Waals surface area (Å²) in [4.78, 5) is 0. The van der Waals surface area contributed by atoms with Gasteiger partial charge in [-0.15, -0.1) is 3.89 Å². The van der Waals surface area contributed by atoms with Gasteiger partial charge in [0.05, 0.1) is 13.2 Å². The zero-order valence-corrected chi connectivity index (χ0v) is 12.6. The van der Waals surface area contributed by atoms with Crippen molar-refractivity contribution < 1.29 is 56.9 Å². The van der Waals surface area contributed by atoms with Crippen molar-refractivity contribution in [3.05, 3.63) is 0 Å². The molecule has 1 saturated heterocycles. The Morgan fingerprint density at radius 1 is 1.00 bits per heavy atom. The van der Waals surface area contributed by atoms with Gasteiger partial charge in [-0.2, -0.15) is 34.4 Å². The van der Waals surface area contributed by atoms with Gasteiger partial charge in [0.25, 0.3) is 0 Å². The van der Waals surface area contributed by atoms with Crippen LogP contribution in [0.4, 0.5) is 25.8 Å². The predicted octanol–water partition coefficient (Wildman–Crippen LogP) is 0.571. The van der Waals surface area contributed by atoms with E-state index in [1.807, 2.05) is 0 Å². The highest BCUT2D eigenvalue weighted by atomic mass is 32.3. The first-order valence-corrected chi connectivity index (χ1v) is 7.67. The van der Waals surface area contributed by atoms with E-state index in [1.165, 1.54) is 0 Å². The van der Waals surface area contributed by atoms with Gasteiger partial charge in [-0.3, -0.25) is 0 Å². The Morgan fingerprint density at radius 2 is 1.39 bits per heavy atom. The van der Waals surface area contributed by atoms with Crippen molar-refractivity contribution in [3.63, 3.8) is 0 Å². The van der Waals surface area contributed by atoms with Gasteiger partial charge in [0.15, 0.2) is 12.4 Å². The lowest BCUT2D eigenvalue weighted by atomic mass is 10.3. The summed E-state index contributed by atoms with van der Waals surface area (Å²) in [6.07, 6.45) is -10.3. The summed E-state index contributed by atoms with van der Waals surface area (Å²) in [5, 5.41) is 0. The van der Waals surface area contributed by atoms with E-state index in [2.05, 4.69) is 14.2 Å². The molecule has 1 fully saturated rings. The van der Waals surface area contributed by atoms with Gasteiger partial charge in [0.2, 0.25) is 0 Å². The molecule has 1 heterocycles.